The highest BCUT2D eigenvalue weighted by atomic mass is 17.1. The Labute approximate surface area is 270 Å². The molecule has 46 heavy (non-hydrogen) atoms. The third kappa shape index (κ3) is 7.53. The molecule has 4 rings (SSSR count). The zero-order chi connectivity index (χ0) is 33.5. The van der Waals surface area contributed by atoms with E-state index in [2.05, 4.69) is 35.6 Å². The Kier molecular flexibility index (Phi) is 11.1. The summed E-state index contributed by atoms with van der Waals surface area (Å²) in [4.78, 5) is 43.8. The fourth-order valence-electron chi connectivity index (χ4n) is 6.35. The van der Waals surface area contributed by atoms with Crippen LogP contribution in [0.15, 0.2) is 84.9 Å². The van der Waals surface area contributed by atoms with Crippen molar-refractivity contribution in [3.63, 3.8) is 0 Å². The summed E-state index contributed by atoms with van der Waals surface area (Å²) in [6.07, 6.45) is 3.51. The number of allylic oxidation sites excluding steroid dienone is 1. The van der Waals surface area contributed by atoms with Gasteiger partial charge in [0.2, 0.25) is 5.91 Å². The largest absolute Gasteiger partial charge is 0.469 e. The van der Waals surface area contributed by atoms with Crippen LogP contribution in [0.5, 0.6) is 0 Å². The molecular weight excluding hydrogens is 582 g/mol. The molecule has 0 spiro atoms. The van der Waals surface area contributed by atoms with Crippen LogP contribution < -0.4 is 5.32 Å². The lowest BCUT2D eigenvalue weighted by Crippen LogP contribution is -2.40. The Balaban J connectivity index is 1.59. The van der Waals surface area contributed by atoms with Gasteiger partial charge >= 0.3 is 5.97 Å². The van der Waals surface area contributed by atoms with Crippen molar-refractivity contribution in [2.45, 2.75) is 53.1 Å². The van der Waals surface area contributed by atoms with Crippen molar-refractivity contribution in [1.82, 2.24) is 5.32 Å². The summed E-state index contributed by atoms with van der Waals surface area (Å²) in [5, 5.41) is 26.3. The van der Waals surface area contributed by atoms with Crippen molar-refractivity contribution in [2.24, 2.45) is 16.7 Å². The zero-order valence-electron chi connectivity index (χ0n) is 27.1. The normalized spacial score (nSPS) is 14.6. The molecule has 0 saturated carbocycles. The van der Waals surface area contributed by atoms with Crippen molar-refractivity contribution in [3.8, 4) is 0 Å². The Bertz CT molecular complexity index is 1670. The molecular formula is C38H43NO7. The molecule has 0 heterocycles. The number of nitrogens with one attached hydrogen (secondary N) is 1. The van der Waals surface area contributed by atoms with Crippen LogP contribution in [0.3, 0.4) is 0 Å². The minimum atomic E-state index is -0.968. The van der Waals surface area contributed by atoms with Crippen LogP contribution in [-0.4, -0.2) is 41.9 Å². The van der Waals surface area contributed by atoms with E-state index in [0.717, 1.165) is 27.1 Å². The van der Waals surface area contributed by atoms with Gasteiger partial charge < -0.3 is 15.2 Å². The predicted octanol–water partition coefficient (Wildman–Crippen LogP) is 7.50. The number of hydrogen-bond donors (Lipinski definition) is 3. The SMILES string of the molecule is CCC(C)(CC(CC(C)(C)C(=O)OC)C(=O)NCO)C(OO)c1ccc(C(=O)C=Cc2c3ccccc3cc3ccccc23)cc1. The molecule has 0 saturated heterocycles. The summed E-state index contributed by atoms with van der Waals surface area (Å²) in [6.45, 7) is 6.69. The summed E-state index contributed by atoms with van der Waals surface area (Å²) in [5.41, 5.74) is 0.338. The maximum Gasteiger partial charge on any atom is 0.311 e. The monoisotopic (exact) mass is 625 g/mol. The first-order valence-corrected chi connectivity index (χ1v) is 15.5. The van der Waals surface area contributed by atoms with Crippen LogP contribution in [0.1, 0.15) is 74.5 Å². The Morgan fingerprint density at radius 3 is 2.00 bits per heavy atom. The molecule has 3 atom stereocenters. The predicted molar refractivity (Wildman–Crippen MR) is 180 cm³/mol. The number of carbonyl (C=O) groups excluding carboxylic acids is 3. The lowest BCUT2D eigenvalue weighted by atomic mass is 9.69. The molecule has 0 radical (unpaired) electrons. The quantitative estimate of drug-likeness (QED) is 0.0252. The lowest BCUT2D eigenvalue weighted by Gasteiger charge is -2.39. The number of aliphatic hydroxyl groups is 1. The second-order valence-corrected chi connectivity index (χ2v) is 12.7. The molecule has 1 amide bonds. The molecule has 3 N–H and O–H groups in total. The third-order valence-electron chi connectivity index (χ3n) is 9.09. The molecule has 4 aromatic carbocycles. The Morgan fingerprint density at radius 2 is 1.48 bits per heavy atom. The number of amides is 1. The number of esters is 1. The molecule has 0 aromatic heterocycles. The number of ketones is 1. The number of rotatable bonds is 14. The number of hydrogen-bond acceptors (Lipinski definition) is 7. The third-order valence-corrected chi connectivity index (χ3v) is 9.09. The summed E-state index contributed by atoms with van der Waals surface area (Å²) < 4.78 is 4.94. The lowest BCUT2D eigenvalue weighted by molar-refractivity contribution is -0.309. The minimum Gasteiger partial charge on any atom is -0.469 e. The minimum absolute atomic E-state index is 0.158. The summed E-state index contributed by atoms with van der Waals surface area (Å²) in [7, 11) is 1.30. The van der Waals surface area contributed by atoms with E-state index in [4.69, 9.17) is 9.62 Å². The average Bonchev–Trinajstić information content (AvgIpc) is 3.06. The average molecular weight is 626 g/mol. The zero-order valence-corrected chi connectivity index (χ0v) is 27.1. The molecule has 0 aliphatic rings. The van der Waals surface area contributed by atoms with Gasteiger partial charge in [0.25, 0.3) is 0 Å². The second kappa shape index (κ2) is 14.8. The van der Waals surface area contributed by atoms with Gasteiger partial charge in [0.15, 0.2) is 5.78 Å². The molecule has 0 fully saturated rings. The van der Waals surface area contributed by atoms with Gasteiger partial charge in [-0.2, -0.15) is 0 Å². The van der Waals surface area contributed by atoms with E-state index in [0.29, 0.717) is 17.5 Å². The highest BCUT2D eigenvalue weighted by Gasteiger charge is 2.42. The van der Waals surface area contributed by atoms with Crippen molar-refractivity contribution in [2.75, 3.05) is 13.8 Å². The fourth-order valence-corrected chi connectivity index (χ4v) is 6.35. The van der Waals surface area contributed by atoms with Gasteiger partial charge in [-0.1, -0.05) is 86.6 Å². The fraction of sp³-hybridized carbons (Fsp3) is 0.342. The maximum absolute atomic E-state index is 13.3. The molecule has 242 valence electrons. The van der Waals surface area contributed by atoms with Crippen LogP contribution in [0.2, 0.25) is 0 Å². The van der Waals surface area contributed by atoms with Gasteiger partial charge in [0, 0.05) is 16.9 Å². The van der Waals surface area contributed by atoms with E-state index in [1.54, 1.807) is 44.2 Å². The van der Waals surface area contributed by atoms with E-state index in [1.165, 1.54) is 7.11 Å². The van der Waals surface area contributed by atoms with Crippen molar-refractivity contribution >= 4 is 45.3 Å². The number of methoxy groups -OCH3 is 1. The molecule has 8 nitrogen and oxygen atoms in total. The van der Waals surface area contributed by atoms with Crippen LogP contribution in [0.4, 0.5) is 0 Å². The van der Waals surface area contributed by atoms with Crippen molar-refractivity contribution in [3.05, 3.63) is 102 Å². The molecule has 0 aliphatic heterocycles. The van der Waals surface area contributed by atoms with Crippen molar-refractivity contribution < 1.29 is 34.4 Å². The van der Waals surface area contributed by atoms with E-state index < -0.39 is 41.5 Å². The first kappa shape index (κ1) is 34.5. The smallest absolute Gasteiger partial charge is 0.311 e. The highest BCUT2D eigenvalue weighted by Crippen LogP contribution is 2.46. The Morgan fingerprint density at radius 1 is 0.891 bits per heavy atom. The number of carbonyl (C=O) groups is 3. The van der Waals surface area contributed by atoms with Crippen LogP contribution in [0, 0.1) is 16.7 Å². The van der Waals surface area contributed by atoms with Gasteiger partial charge in [-0.05, 0) is 84.0 Å². The van der Waals surface area contributed by atoms with Gasteiger partial charge in [0.1, 0.15) is 12.8 Å². The number of benzene rings is 4. The number of aliphatic hydroxyl groups excluding tert-OH is 1. The van der Waals surface area contributed by atoms with Gasteiger partial charge in [-0.15, -0.1) is 0 Å². The van der Waals surface area contributed by atoms with Gasteiger partial charge in [-0.3, -0.25) is 19.6 Å². The van der Waals surface area contributed by atoms with E-state index in [-0.39, 0.29) is 18.6 Å². The van der Waals surface area contributed by atoms with Gasteiger partial charge in [0.05, 0.1) is 12.5 Å². The van der Waals surface area contributed by atoms with Crippen LogP contribution >= 0.6 is 0 Å². The molecule has 4 aromatic rings. The Hall–Kier alpha value is -4.37. The van der Waals surface area contributed by atoms with E-state index in [1.807, 2.05) is 44.2 Å². The first-order valence-electron chi connectivity index (χ1n) is 15.5. The van der Waals surface area contributed by atoms with Crippen molar-refractivity contribution in [1.29, 1.82) is 0 Å². The summed E-state index contributed by atoms with van der Waals surface area (Å²) in [6, 6.07) is 25.2. The van der Waals surface area contributed by atoms with Crippen LogP contribution in [0.25, 0.3) is 27.6 Å². The molecule has 3 unspecified atom stereocenters. The topological polar surface area (TPSA) is 122 Å². The highest BCUT2D eigenvalue weighted by molar-refractivity contribution is 6.11. The standard InChI is InChI=1S/C38H43NO7/c1-6-38(4,23-29(35(42)39-24-40)22-37(2,3)36(43)45-5)34(46-44)26-17-15-25(16-18-26)33(41)20-19-32-30-13-9-7-11-27(30)21-28-12-8-10-14-31(28)32/h7-21,29,34,40,44H,6,22-24H2,1-5H3,(H,39,42). The summed E-state index contributed by atoms with van der Waals surface area (Å²) >= 11 is 0. The molecule has 0 aliphatic carbocycles. The number of fused-ring (bicyclic) bond motifs is 2. The van der Waals surface area contributed by atoms with E-state index in [9.17, 15) is 24.7 Å². The first-order chi connectivity index (χ1) is 22.0. The number of ether oxygens (including phenoxy) is 1. The summed E-state index contributed by atoms with van der Waals surface area (Å²) in [5.74, 6) is -1.73. The maximum atomic E-state index is 13.3. The second-order valence-electron chi connectivity index (χ2n) is 12.7. The molecule has 8 heteroatoms. The van der Waals surface area contributed by atoms with E-state index >= 15 is 0 Å². The van der Waals surface area contributed by atoms with Crippen LogP contribution in [-0.2, 0) is 19.2 Å². The molecule has 0 bridgehead atoms. The van der Waals surface area contributed by atoms with Gasteiger partial charge in [-0.25, -0.2) is 4.89 Å².